The van der Waals surface area contributed by atoms with Gasteiger partial charge in [-0.2, -0.15) is 0 Å². The van der Waals surface area contributed by atoms with E-state index < -0.39 is 11.9 Å². The molecule has 0 unspecified atom stereocenters. The zero-order chi connectivity index (χ0) is 36.6. The summed E-state index contributed by atoms with van der Waals surface area (Å²) >= 11 is 0. The van der Waals surface area contributed by atoms with Gasteiger partial charge < -0.3 is 66.3 Å². The van der Waals surface area contributed by atoms with Gasteiger partial charge in [0.25, 0.3) is 0 Å². The van der Waals surface area contributed by atoms with E-state index >= 15 is 0 Å². The Hall–Kier alpha value is -2.06. The molecule has 0 aromatic heterocycles. The standard InChI is InChI=1S/C34H62O16/c1-31(2)33(35)49-29-27-47-25-23-45-21-19-43-17-15-41-13-11-39-9-7-37-5-6-38-8-10-40-12-14-42-16-18-44-20-22-46-24-26-48-28-30-50-34(36)32(3)4/h1,3,5-30H2,2,4H3. The summed E-state index contributed by atoms with van der Waals surface area (Å²) in [6, 6.07) is 0. The van der Waals surface area contributed by atoms with Crippen LogP contribution in [0.2, 0.25) is 0 Å². The Balaban J connectivity index is 3.10. The number of carbonyl (C=O) groups is 2. The van der Waals surface area contributed by atoms with Crippen LogP contribution in [0.3, 0.4) is 0 Å². The maximum atomic E-state index is 11.2. The van der Waals surface area contributed by atoms with E-state index in [1.165, 1.54) is 0 Å². The van der Waals surface area contributed by atoms with E-state index in [2.05, 4.69) is 13.2 Å². The third kappa shape index (κ3) is 38.7. The van der Waals surface area contributed by atoms with Gasteiger partial charge in [-0.05, 0) is 13.8 Å². The van der Waals surface area contributed by atoms with Gasteiger partial charge >= 0.3 is 11.9 Å². The number of hydrogen-bond acceptors (Lipinski definition) is 16. The highest BCUT2D eigenvalue weighted by Gasteiger charge is 2.03. The van der Waals surface area contributed by atoms with Crippen molar-refractivity contribution in [2.75, 3.05) is 172 Å². The maximum Gasteiger partial charge on any atom is 0.333 e. The third-order valence-electron chi connectivity index (χ3n) is 5.71. The molecular formula is C34H62O16. The van der Waals surface area contributed by atoms with Crippen molar-refractivity contribution in [1.29, 1.82) is 0 Å². The summed E-state index contributed by atoms with van der Waals surface area (Å²) < 4.78 is 74.9. The maximum absolute atomic E-state index is 11.2. The molecule has 0 saturated heterocycles. The highest BCUT2D eigenvalue weighted by molar-refractivity contribution is 5.87. The van der Waals surface area contributed by atoms with Crippen LogP contribution in [0.25, 0.3) is 0 Å². The molecule has 0 heterocycles. The second-order valence-electron chi connectivity index (χ2n) is 10.2. The summed E-state index contributed by atoms with van der Waals surface area (Å²) in [4.78, 5) is 22.4. The molecule has 0 spiro atoms. The van der Waals surface area contributed by atoms with Crippen molar-refractivity contribution in [1.82, 2.24) is 0 Å². The van der Waals surface area contributed by atoms with Crippen molar-refractivity contribution in [3.63, 3.8) is 0 Å². The molecule has 0 radical (unpaired) electrons. The zero-order valence-electron chi connectivity index (χ0n) is 30.3. The van der Waals surface area contributed by atoms with Crippen molar-refractivity contribution in [3.8, 4) is 0 Å². The quantitative estimate of drug-likeness (QED) is 0.0505. The molecular weight excluding hydrogens is 664 g/mol. The number of hydrogen-bond donors (Lipinski definition) is 0. The smallest absolute Gasteiger partial charge is 0.333 e. The van der Waals surface area contributed by atoms with Gasteiger partial charge in [0, 0.05) is 11.1 Å². The Morgan fingerprint density at radius 2 is 0.400 bits per heavy atom. The number of rotatable bonds is 41. The van der Waals surface area contributed by atoms with Crippen LogP contribution in [0, 0.1) is 0 Å². The molecule has 0 aromatic rings. The summed E-state index contributed by atoms with van der Waals surface area (Å²) in [6.07, 6.45) is 0. The van der Waals surface area contributed by atoms with Gasteiger partial charge in [0.1, 0.15) is 13.2 Å². The average molecular weight is 727 g/mol. The largest absolute Gasteiger partial charge is 0.460 e. The SMILES string of the molecule is C=C(C)C(=O)OCCOCCOCCOCCOCCOCCOCCOCCOCCOCCOCCOCCOCCOC(=O)C(=C)C. The van der Waals surface area contributed by atoms with Gasteiger partial charge in [-0.25, -0.2) is 9.59 Å². The Morgan fingerprint density at radius 3 is 0.520 bits per heavy atom. The first kappa shape index (κ1) is 47.9. The summed E-state index contributed by atoms with van der Waals surface area (Å²) in [5.74, 6) is -0.835. The lowest BCUT2D eigenvalue weighted by Gasteiger charge is -2.09. The minimum Gasteiger partial charge on any atom is -0.460 e. The minimum absolute atomic E-state index is 0.194. The van der Waals surface area contributed by atoms with E-state index in [1.54, 1.807) is 13.8 Å². The summed E-state index contributed by atoms with van der Waals surface area (Å²) in [5, 5.41) is 0. The number of carbonyl (C=O) groups excluding carboxylic acids is 2. The van der Waals surface area contributed by atoms with Gasteiger partial charge in [0.2, 0.25) is 0 Å². The van der Waals surface area contributed by atoms with E-state index in [-0.39, 0.29) is 13.2 Å². The van der Waals surface area contributed by atoms with Gasteiger partial charge in [-0.1, -0.05) is 13.2 Å². The van der Waals surface area contributed by atoms with E-state index in [4.69, 9.17) is 66.3 Å². The molecule has 0 saturated carbocycles. The molecule has 0 aliphatic heterocycles. The Morgan fingerprint density at radius 1 is 0.280 bits per heavy atom. The van der Waals surface area contributed by atoms with Crippen LogP contribution in [0.4, 0.5) is 0 Å². The molecule has 0 bridgehead atoms. The number of ether oxygens (including phenoxy) is 14. The van der Waals surface area contributed by atoms with Gasteiger partial charge in [0.15, 0.2) is 0 Å². The lowest BCUT2D eigenvalue weighted by atomic mass is 10.4. The third-order valence-corrected chi connectivity index (χ3v) is 5.71. The fraction of sp³-hybridized carbons (Fsp3) is 0.824. The molecule has 0 amide bonds. The predicted molar refractivity (Wildman–Crippen MR) is 181 cm³/mol. The molecule has 0 aliphatic rings. The molecule has 16 heteroatoms. The van der Waals surface area contributed by atoms with Crippen LogP contribution >= 0.6 is 0 Å². The molecule has 294 valence electrons. The molecule has 0 aromatic carbocycles. The Labute approximate surface area is 297 Å². The summed E-state index contributed by atoms with van der Waals surface area (Å²) in [5.41, 5.74) is 0.731. The monoisotopic (exact) mass is 726 g/mol. The summed E-state index contributed by atoms with van der Waals surface area (Å²) in [7, 11) is 0. The second-order valence-corrected chi connectivity index (χ2v) is 10.2. The molecule has 0 atom stereocenters. The average Bonchev–Trinajstić information content (AvgIpc) is 3.10. The van der Waals surface area contributed by atoms with Crippen LogP contribution in [-0.2, 0) is 75.9 Å². The first-order valence-electron chi connectivity index (χ1n) is 17.0. The van der Waals surface area contributed by atoms with E-state index in [0.29, 0.717) is 170 Å². The van der Waals surface area contributed by atoms with Gasteiger partial charge in [-0.15, -0.1) is 0 Å². The van der Waals surface area contributed by atoms with Crippen molar-refractivity contribution in [2.45, 2.75) is 13.8 Å². The van der Waals surface area contributed by atoms with Crippen molar-refractivity contribution in [3.05, 3.63) is 24.3 Å². The van der Waals surface area contributed by atoms with E-state index in [0.717, 1.165) is 0 Å². The predicted octanol–water partition coefficient (Wildman–Crippen LogP) is 1.42. The Bertz CT molecular complexity index is 733. The van der Waals surface area contributed by atoms with Crippen LogP contribution < -0.4 is 0 Å². The van der Waals surface area contributed by atoms with Crippen LogP contribution in [0.5, 0.6) is 0 Å². The lowest BCUT2D eigenvalue weighted by molar-refractivity contribution is -0.141. The van der Waals surface area contributed by atoms with Crippen LogP contribution in [-0.4, -0.2) is 184 Å². The topological polar surface area (TPSA) is 163 Å². The summed E-state index contributed by atoms with van der Waals surface area (Å²) in [6.45, 7) is 21.5. The lowest BCUT2D eigenvalue weighted by Crippen LogP contribution is -2.16. The first-order valence-corrected chi connectivity index (χ1v) is 17.0. The van der Waals surface area contributed by atoms with Crippen molar-refractivity contribution in [2.24, 2.45) is 0 Å². The highest BCUT2D eigenvalue weighted by atomic mass is 16.6. The molecule has 0 N–H and O–H groups in total. The fourth-order valence-electron chi connectivity index (χ4n) is 3.15. The molecule has 50 heavy (non-hydrogen) atoms. The van der Waals surface area contributed by atoms with Crippen LogP contribution in [0.15, 0.2) is 24.3 Å². The molecule has 0 fully saturated rings. The van der Waals surface area contributed by atoms with E-state index in [1.807, 2.05) is 0 Å². The molecule has 0 rings (SSSR count). The zero-order valence-corrected chi connectivity index (χ0v) is 30.3. The van der Waals surface area contributed by atoms with Crippen molar-refractivity contribution >= 4 is 11.9 Å². The van der Waals surface area contributed by atoms with E-state index in [9.17, 15) is 9.59 Å². The Kier molecular flexibility index (Phi) is 38.1. The van der Waals surface area contributed by atoms with Crippen LogP contribution in [0.1, 0.15) is 13.8 Å². The van der Waals surface area contributed by atoms with Crippen molar-refractivity contribution < 1.29 is 75.9 Å². The minimum atomic E-state index is -0.417. The molecule has 0 aliphatic carbocycles. The molecule has 16 nitrogen and oxygen atoms in total. The fourth-order valence-corrected chi connectivity index (χ4v) is 3.15. The van der Waals surface area contributed by atoms with Gasteiger partial charge in [-0.3, -0.25) is 0 Å². The second kappa shape index (κ2) is 39.7. The number of esters is 2. The van der Waals surface area contributed by atoms with Gasteiger partial charge in [0.05, 0.1) is 159 Å². The highest BCUT2D eigenvalue weighted by Crippen LogP contribution is 1.93. The first-order chi connectivity index (χ1) is 24.4. The normalized spacial score (nSPS) is 11.2.